The Morgan fingerprint density at radius 2 is 2.18 bits per heavy atom. The monoisotopic (exact) mass is 314 g/mol. The Labute approximate surface area is 116 Å². The van der Waals surface area contributed by atoms with E-state index in [9.17, 15) is 0 Å². The van der Waals surface area contributed by atoms with Crippen molar-refractivity contribution < 1.29 is 4.74 Å². The zero-order valence-electron chi connectivity index (χ0n) is 9.88. The number of benzene rings is 1. The molecule has 0 aromatic heterocycles. The third-order valence-electron chi connectivity index (χ3n) is 3.90. The number of halogens is 2. The van der Waals surface area contributed by atoms with E-state index in [0.29, 0.717) is 5.92 Å². The van der Waals surface area contributed by atoms with Crippen molar-refractivity contribution in [2.75, 3.05) is 6.61 Å². The quantitative estimate of drug-likeness (QED) is 0.734. The highest BCUT2D eigenvalue weighted by molar-refractivity contribution is 9.10. The molecule has 3 rings (SSSR count). The molecule has 0 bridgehead atoms. The summed E-state index contributed by atoms with van der Waals surface area (Å²) in [6.45, 7) is 3.05. The summed E-state index contributed by atoms with van der Waals surface area (Å²) >= 11 is 10.2. The SMILES string of the molecule is CC(C1CC1)C(Cl)c1cc(Br)cc2c1OCC2. The van der Waals surface area contributed by atoms with Crippen LogP contribution in [0.4, 0.5) is 0 Å². The van der Waals surface area contributed by atoms with E-state index in [2.05, 4.69) is 35.0 Å². The van der Waals surface area contributed by atoms with E-state index >= 15 is 0 Å². The molecule has 92 valence electrons. The highest BCUT2D eigenvalue weighted by Crippen LogP contribution is 2.49. The Morgan fingerprint density at radius 3 is 2.88 bits per heavy atom. The van der Waals surface area contributed by atoms with E-state index in [1.165, 1.54) is 24.0 Å². The topological polar surface area (TPSA) is 9.23 Å². The summed E-state index contributed by atoms with van der Waals surface area (Å²) in [6, 6.07) is 4.28. The highest BCUT2D eigenvalue weighted by Gasteiger charge is 2.35. The van der Waals surface area contributed by atoms with Crippen LogP contribution in [0.5, 0.6) is 5.75 Å². The number of hydrogen-bond acceptors (Lipinski definition) is 1. The fourth-order valence-corrected chi connectivity index (χ4v) is 3.54. The lowest BCUT2D eigenvalue weighted by Gasteiger charge is -2.20. The minimum absolute atomic E-state index is 0.0758. The van der Waals surface area contributed by atoms with E-state index in [-0.39, 0.29) is 5.38 Å². The van der Waals surface area contributed by atoms with Crippen molar-refractivity contribution in [2.24, 2.45) is 11.8 Å². The second kappa shape index (κ2) is 4.47. The normalized spacial score (nSPS) is 21.8. The third-order valence-corrected chi connectivity index (χ3v) is 4.99. The molecular formula is C14H16BrClO. The third kappa shape index (κ3) is 2.22. The van der Waals surface area contributed by atoms with Gasteiger partial charge in [0, 0.05) is 16.5 Å². The number of ether oxygens (including phenoxy) is 1. The Kier molecular flexibility index (Phi) is 3.12. The van der Waals surface area contributed by atoms with Crippen LogP contribution in [-0.4, -0.2) is 6.61 Å². The molecule has 1 aromatic carbocycles. The average Bonchev–Trinajstić information content (AvgIpc) is 3.05. The van der Waals surface area contributed by atoms with Crippen LogP contribution in [0.15, 0.2) is 16.6 Å². The maximum absolute atomic E-state index is 6.65. The molecule has 0 amide bonds. The second-order valence-corrected chi connectivity index (χ2v) is 6.57. The molecule has 1 saturated carbocycles. The molecule has 0 spiro atoms. The minimum atomic E-state index is 0.0758. The molecule has 2 unspecified atom stereocenters. The van der Waals surface area contributed by atoms with Crippen LogP contribution in [0.1, 0.15) is 36.3 Å². The second-order valence-electron chi connectivity index (χ2n) is 5.18. The van der Waals surface area contributed by atoms with Gasteiger partial charge in [-0.3, -0.25) is 0 Å². The minimum Gasteiger partial charge on any atom is -0.493 e. The summed E-state index contributed by atoms with van der Waals surface area (Å²) in [5.74, 6) is 2.40. The molecule has 1 aliphatic heterocycles. The summed E-state index contributed by atoms with van der Waals surface area (Å²) in [4.78, 5) is 0. The molecule has 1 fully saturated rings. The van der Waals surface area contributed by atoms with Crippen molar-refractivity contribution in [3.63, 3.8) is 0 Å². The van der Waals surface area contributed by atoms with Gasteiger partial charge in [-0.15, -0.1) is 11.6 Å². The van der Waals surface area contributed by atoms with Gasteiger partial charge in [-0.2, -0.15) is 0 Å². The van der Waals surface area contributed by atoms with Crippen molar-refractivity contribution in [3.05, 3.63) is 27.7 Å². The summed E-state index contributed by atoms with van der Waals surface area (Å²) in [5, 5.41) is 0.0758. The maximum atomic E-state index is 6.65. The summed E-state index contributed by atoms with van der Waals surface area (Å²) in [5.41, 5.74) is 2.47. The molecule has 17 heavy (non-hydrogen) atoms. The van der Waals surface area contributed by atoms with E-state index in [1.807, 2.05) is 0 Å². The molecule has 0 saturated heterocycles. The van der Waals surface area contributed by atoms with E-state index in [1.54, 1.807) is 0 Å². The number of fused-ring (bicyclic) bond motifs is 1. The van der Waals surface area contributed by atoms with Gasteiger partial charge < -0.3 is 4.74 Å². The van der Waals surface area contributed by atoms with Crippen molar-refractivity contribution in [2.45, 2.75) is 31.6 Å². The van der Waals surface area contributed by atoms with E-state index in [0.717, 1.165) is 29.2 Å². The first-order valence-corrected chi connectivity index (χ1v) is 7.49. The van der Waals surface area contributed by atoms with E-state index < -0.39 is 0 Å². The van der Waals surface area contributed by atoms with Gasteiger partial charge in [-0.1, -0.05) is 22.9 Å². The molecule has 1 heterocycles. The molecule has 1 aliphatic carbocycles. The van der Waals surface area contributed by atoms with Crippen molar-refractivity contribution in [1.82, 2.24) is 0 Å². The summed E-state index contributed by atoms with van der Waals surface area (Å²) in [6.07, 6.45) is 3.67. The highest BCUT2D eigenvalue weighted by atomic mass is 79.9. The Hall–Kier alpha value is -0.210. The lowest BCUT2D eigenvalue weighted by atomic mass is 9.94. The van der Waals surface area contributed by atoms with Gasteiger partial charge in [0.05, 0.1) is 12.0 Å². The van der Waals surface area contributed by atoms with Crippen LogP contribution in [0, 0.1) is 11.8 Å². The van der Waals surface area contributed by atoms with Crippen LogP contribution in [0.2, 0.25) is 0 Å². The van der Waals surface area contributed by atoms with Crippen LogP contribution < -0.4 is 4.74 Å². The van der Waals surface area contributed by atoms with Crippen LogP contribution >= 0.6 is 27.5 Å². The number of alkyl halides is 1. The Balaban J connectivity index is 1.96. The molecule has 2 atom stereocenters. The van der Waals surface area contributed by atoms with Crippen LogP contribution in [0.3, 0.4) is 0 Å². The summed E-state index contributed by atoms with van der Waals surface area (Å²) in [7, 11) is 0. The predicted octanol–water partition coefficient (Wildman–Crippen LogP) is 4.71. The van der Waals surface area contributed by atoms with Gasteiger partial charge in [0.25, 0.3) is 0 Å². The van der Waals surface area contributed by atoms with E-state index in [4.69, 9.17) is 16.3 Å². The van der Waals surface area contributed by atoms with Crippen molar-refractivity contribution in [1.29, 1.82) is 0 Å². The molecule has 1 nitrogen and oxygen atoms in total. The maximum Gasteiger partial charge on any atom is 0.127 e. The molecule has 1 aromatic rings. The van der Waals surface area contributed by atoms with Gasteiger partial charge in [-0.25, -0.2) is 0 Å². The molecule has 0 radical (unpaired) electrons. The fourth-order valence-electron chi connectivity index (χ4n) is 2.65. The first-order valence-electron chi connectivity index (χ1n) is 6.26. The van der Waals surface area contributed by atoms with Crippen LogP contribution in [0.25, 0.3) is 0 Å². The smallest absolute Gasteiger partial charge is 0.127 e. The van der Waals surface area contributed by atoms with Crippen LogP contribution in [-0.2, 0) is 6.42 Å². The largest absolute Gasteiger partial charge is 0.493 e. The van der Waals surface area contributed by atoms with Crippen molar-refractivity contribution in [3.8, 4) is 5.75 Å². The average molecular weight is 316 g/mol. The molecule has 3 heteroatoms. The fraction of sp³-hybridized carbons (Fsp3) is 0.571. The standard InChI is InChI=1S/C14H16BrClO/c1-8(9-2-3-9)13(16)12-7-11(15)6-10-4-5-17-14(10)12/h6-9,13H,2-5H2,1H3. The Bertz CT molecular complexity index is 442. The number of rotatable bonds is 3. The van der Waals surface area contributed by atoms with Gasteiger partial charge in [0.2, 0.25) is 0 Å². The molecular weight excluding hydrogens is 300 g/mol. The van der Waals surface area contributed by atoms with Gasteiger partial charge >= 0.3 is 0 Å². The van der Waals surface area contributed by atoms with Gasteiger partial charge in [0.1, 0.15) is 5.75 Å². The lowest BCUT2D eigenvalue weighted by Crippen LogP contribution is -2.07. The predicted molar refractivity (Wildman–Crippen MR) is 73.8 cm³/mol. The molecule has 2 aliphatic rings. The first kappa shape index (κ1) is 11.9. The lowest BCUT2D eigenvalue weighted by molar-refractivity contribution is 0.349. The first-order chi connectivity index (χ1) is 8.16. The number of hydrogen-bond donors (Lipinski definition) is 0. The van der Waals surface area contributed by atoms with Crippen molar-refractivity contribution >= 4 is 27.5 Å². The molecule has 0 N–H and O–H groups in total. The van der Waals surface area contributed by atoms with Gasteiger partial charge in [-0.05, 0) is 42.4 Å². The summed E-state index contributed by atoms with van der Waals surface area (Å²) < 4.78 is 6.87. The Morgan fingerprint density at radius 1 is 1.41 bits per heavy atom. The van der Waals surface area contributed by atoms with Gasteiger partial charge in [0.15, 0.2) is 0 Å². The zero-order valence-corrected chi connectivity index (χ0v) is 12.2. The zero-order chi connectivity index (χ0) is 12.0.